The first-order valence-electron chi connectivity index (χ1n) is 7.10. The van der Waals surface area contributed by atoms with Gasteiger partial charge in [0.25, 0.3) is 0 Å². The summed E-state index contributed by atoms with van der Waals surface area (Å²) in [6.07, 6.45) is 2.16. The summed E-state index contributed by atoms with van der Waals surface area (Å²) in [5.74, 6) is 1.97. The number of hydrogen-bond acceptors (Lipinski definition) is 4. The van der Waals surface area contributed by atoms with Crippen molar-refractivity contribution < 1.29 is 9.47 Å². The number of anilines is 1. The lowest BCUT2D eigenvalue weighted by Gasteiger charge is -2.29. The summed E-state index contributed by atoms with van der Waals surface area (Å²) in [5.41, 5.74) is 8.09. The number of methoxy groups -OCH3 is 1. The highest BCUT2D eigenvalue weighted by Crippen LogP contribution is 2.33. The maximum Gasteiger partial charge on any atom is 0.201 e. The van der Waals surface area contributed by atoms with Crippen molar-refractivity contribution in [1.82, 2.24) is 9.55 Å². The van der Waals surface area contributed by atoms with Crippen molar-refractivity contribution in [2.75, 3.05) is 26.1 Å². The van der Waals surface area contributed by atoms with E-state index in [4.69, 9.17) is 15.2 Å². The zero-order chi connectivity index (χ0) is 14.1. The third-order valence-corrected chi connectivity index (χ3v) is 4.28. The van der Waals surface area contributed by atoms with Crippen LogP contribution in [0.15, 0.2) is 18.2 Å². The smallest absolute Gasteiger partial charge is 0.201 e. The van der Waals surface area contributed by atoms with E-state index in [1.165, 1.54) is 0 Å². The van der Waals surface area contributed by atoms with Gasteiger partial charge in [-0.2, -0.15) is 0 Å². The van der Waals surface area contributed by atoms with Gasteiger partial charge in [0.15, 0.2) is 0 Å². The highest BCUT2D eigenvalue weighted by molar-refractivity contribution is 5.80. The molecule has 3 rings (SSSR count). The fraction of sp³-hybridized carbons (Fsp3) is 0.533. The summed E-state index contributed by atoms with van der Waals surface area (Å²) in [6.45, 7) is 3.91. The average molecular weight is 275 g/mol. The van der Waals surface area contributed by atoms with Gasteiger partial charge < -0.3 is 19.8 Å². The molecule has 1 fully saturated rings. The van der Waals surface area contributed by atoms with Gasteiger partial charge in [-0.25, -0.2) is 4.98 Å². The van der Waals surface area contributed by atoms with E-state index in [-0.39, 0.29) is 0 Å². The second kappa shape index (κ2) is 5.32. The molecule has 2 heterocycles. The van der Waals surface area contributed by atoms with Crippen molar-refractivity contribution >= 4 is 17.0 Å². The Morgan fingerprint density at radius 3 is 2.85 bits per heavy atom. The lowest BCUT2D eigenvalue weighted by atomic mass is 9.92. The van der Waals surface area contributed by atoms with Crippen LogP contribution < -0.4 is 10.5 Å². The van der Waals surface area contributed by atoms with E-state index in [1.54, 1.807) is 7.11 Å². The molecule has 2 aromatic rings. The highest BCUT2D eigenvalue weighted by atomic mass is 16.5. The second-order valence-corrected chi connectivity index (χ2v) is 5.39. The molecule has 1 aliphatic heterocycles. The number of nitrogens with zero attached hydrogens (tertiary/aromatic N) is 2. The monoisotopic (exact) mass is 275 g/mol. The molecular formula is C15H21N3O2. The summed E-state index contributed by atoms with van der Waals surface area (Å²) in [6, 6.07) is 6.25. The Bertz CT molecular complexity index is 602. The summed E-state index contributed by atoms with van der Waals surface area (Å²) >= 11 is 0. The Morgan fingerprint density at radius 1 is 1.40 bits per heavy atom. The summed E-state index contributed by atoms with van der Waals surface area (Å²) < 4.78 is 12.8. The van der Waals surface area contributed by atoms with Crippen LogP contribution in [0.1, 0.15) is 25.8 Å². The number of nitrogens with two attached hydrogens (primary N) is 1. The van der Waals surface area contributed by atoms with Gasteiger partial charge in [0.2, 0.25) is 5.95 Å². The zero-order valence-electron chi connectivity index (χ0n) is 12.0. The molecule has 0 bridgehead atoms. The number of ether oxygens (including phenoxy) is 2. The molecule has 5 nitrogen and oxygen atoms in total. The van der Waals surface area contributed by atoms with Crippen molar-refractivity contribution in [2.24, 2.45) is 5.92 Å². The third kappa shape index (κ3) is 2.22. The maximum absolute atomic E-state index is 6.13. The van der Waals surface area contributed by atoms with Crippen LogP contribution in [0.25, 0.3) is 11.0 Å². The Hall–Kier alpha value is -1.75. The van der Waals surface area contributed by atoms with E-state index in [2.05, 4.69) is 16.5 Å². The van der Waals surface area contributed by atoms with Crippen molar-refractivity contribution in [3.8, 4) is 5.75 Å². The molecule has 5 heteroatoms. The van der Waals surface area contributed by atoms with Crippen LogP contribution in [0.2, 0.25) is 0 Å². The molecule has 108 valence electrons. The number of hydrogen-bond donors (Lipinski definition) is 1. The molecule has 0 saturated carbocycles. The first kappa shape index (κ1) is 13.2. The normalized spacial score (nSPS) is 18.3. The summed E-state index contributed by atoms with van der Waals surface area (Å²) in [4.78, 5) is 4.47. The molecule has 0 aliphatic carbocycles. The predicted molar refractivity (Wildman–Crippen MR) is 79.0 cm³/mol. The molecule has 1 saturated heterocycles. The van der Waals surface area contributed by atoms with Crippen molar-refractivity contribution in [2.45, 2.75) is 25.8 Å². The Morgan fingerprint density at radius 2 is 2.15 bits per heavy atom. The summed E-state index contributed by atoms with van der Waals surface area (Å²) in [5, 5.41) is 0. The number of imidazole rings is 1. The van der Waals surface area contributed by atoms with E-state index >= 15 is 0 Å². The second-order valence-electron chi connectivity index (χ2n) is 5.39. The molecule has 1 atom stereocenters. The Balaban J connectivity index is 1.99. The minimum absolute atomic E-state index is 0.331. The topological polar surface area (TPSA) is 62.3 Å². The molecule has 1 aliphatic rings. The van der Waals surface area contributed by atoms with Gasteiger partial charge in [-0.3, -0.25) is 0 Å². The van der Waals surface area contributed by atoms with E-state index in [1.807, 2.05) is 18.2 Å². The van der Waals surface area contributed by atoms with Crippen LogP contribution in [-0.4, -0.2) is 29.9 Å². The van der Waals surface area contributed by atoms with Gasteiger partial charge in [0.1, 0.15) is 5.75 Å². The van der Waals surface area contributed by atoms with Crippen LogP contribution in [-0.2, 0) is 4.74 Å². The van der Waals surface area contributed by atoms with Gasteiger partial charge in [-0.1, -0.05) is 0 Å². The fourth-order valence-electron chi connectivity index (χ4n) is 3.06. The molecular weight excluding hydrogens is 254 g/mol. The largest absolute Gasteiger partial charge is 0.497 e. The van der Waals surface area contributed by atoms with Crippen LogP contribution in [0, 0.1) is 5.92 Å². The third-order valence-electron chi connectivity index (χ3n) is 4.28. The fourth-order valence-corrected chi connectivity index (χ4v) is 3.06. The predicted octanol–water partition coefficient (Wildman–Crippen LogP) is 2.61. The van der Waals surface area contributed by atoms with Crippen molar-refractivity contribution in [1.29, 1.82) is 0 Å². The molecule has 0 spiro atoms. The maximum atomic E-state index is 6.13. The number of nitrogen functional groups attached to an aromatic ring is 1. The molecule has 2 N–H and O–H groups in total. The summed E-state index contributed by atoms with van der Waals surface area (Å²) in [7, 11) is 1.66. The van der Waals surface area contributed by atoms with Crippen molar-refractivity contribution in [3.05, 3.63) is 18.2 Å². The SMILES string of the molecule is COc1ccc2c(c1)nc(N)n2C(C)C1CCOCC1. The minimum Gasteiger partial charge on any atom is -0.497 e. The first-order chi connectivity index (χ1) is 9.70. The average Bonchev–Trinajstić information content (AvgIpc) is 2.82. The lowest BCUT2D eigenvalue weighted by molar-refractivity contribution is 0.0521. The van der Waals surface area contributed by atoms with E-state index in [0.717, 1.165) is 42.8 Å². The number of rotatable bonds is 3. The molecule has 20 heavy (non-hydrogen) atoms. The number of benzene rings is 1. The Kier molecular flexibility index (Phi) is 3.53. The van der Waals surface area contributed by atoms with Gasteiger partial charge in [0, 0.05) is 25.3 Å². The van der Waals surface area contributed by atoms with Gasteiger partial charge in [0.05, 0.1) is 18.1 Å². The minimum atomic E-state index is 0.331. The van der Waals surface area contributed by atoms with Gasteiger partial charge in [-0.15, -0.1) is 0 Å². The van der Waals surface area contributed by atoms with Gasteiger partial charge >= 0.3 is 0 Å². The van der Waals surface area contributed by atoms with E-state index in [0.29, 0.717) is 17.9 Å². The highest BCUT2D eigenvalue weighted by Gasteiger charge is 2.24. The van der Waals surface area contributed by atoms with Crippen LogP contribution in [0.5, 0.6) is 5.75 Å². The van der Waals surface area contributed by atoms with E-state index in [9.17, 15) is 0 Å². The van der Waals surface area contributed by atoms with Crippen LogP contribution in [0.3, 0.4) is 0 Å². The van der Waals surface area contributed by atoms with Crippen LogP contribution in [0.4, 0.5) is 5.95 Å². The lowest BCUT2D eigenvalue weighted by Crippen LogP contribution is -2.24. The number of aromatic nitrogens is 2. The molecule has 0 radical (unpaired) electrons. The Labute approximate surface area is 118 Å². The number of fused-ring (bicyclic) bond motifs is 1. The van der Waals surface area contributed by atoms with Crippen molar-refractivity contribution in [3.63, 3.8) is 0 Å². The zero-order valence-corrected chi connectivity index (χ0v) is 12.0. The molecule has 1 aromatic heterocycles. The van der Waals surface area contributed by atoms with Crippen LogP contribution >= 0.6 is 0 Å². The first-order valence-corrected chi connectivity index (χ1v) is 7.10. The van der Waals surface area contributed by atoms with E-state index < -0.39 is 0 Å². The quantitative estimate of drug-likeness (QED) is 0.935. The molecule has 1 aromatic carbocycles. The molecule has 1 unspecified atom stereocenters. The molecule has 0 amide bonds. The van der Waals surface area contributed by atoms with Gasteiger partial charge in [-0.05, 0) is 37.8 Å². The standard InChI is InChI=1S/C15H21N3O2/c1-10(11-5-7-20-8-6-11)18-14-4-3-12(19-2)9-13(14)17-15(18)16/h3-4,9-11H,5-8H2,1-2H3,(H2,16,17).